The quantitative estimate of drug-likeness (QED) is 0.908. The molecule has 1 heterocycles. The fourth-order valence-electron chi connectivity index (χ4n) is 2.40. The molecule has 124 valence electrons. The lowest BCUT2D eigenvalue weighted by molar-refractivity contribution is 0.0919. The van der Waals surface area contributed by atoms with E-state index in [4.69, 9.17) is 9.47 Å². The number of para-hydroxylation sites is 2. The van der Waals surface area contributed by atoms with E-state index in [1.165, 1.54) is 0 Å². The molecule has 2 amide bonds. The van der Waals surface area contributed by atoms with Crippen LogP contribution in [0.25, 0.3) is 6.08 Å². The number of carbonyl (C=O) groups is 1. The third-order valence-corrected chi connectivity index (χ3v) is 3.72. The van der Waals surface area contributed by atoms with Crippen LogP contribution in [0.3, 0.4) is 0 Å². The topological polar surface area (TPSA) is 59.6 Å². The third-order valence-electron chi connectivity index (χ3n) is 3.72. The zero-order valence-corrected chi connectivity index (χ0v) is 13.5. The third kappa shape index (κ3) is 4.07. The minimum absolute atomic E-state index is 0.203. The second kappa shape index (κ2) is 7.55. The molecule has 3 rings (SSSR count). The van der Waals surface area contributed by atoms with Crippen LogP contribution in [0.4, 0.5) is 4.79 Å². The molecule has 0 fully saturated rings. The summed E-state index contributed by atoms with van der Waals surface area (Å²) in [5.74, 6) is 1.44. The van der Waals surface area contributed by atoms with Crippen LogP contribution in [0.15, 0.2) is 54.7 Å². The Labute approximate surface area is 141 Å². The van der Waals surface area contributed by atoms with Gasteiger partial charge in [-0.1, -0.05) is 36.4 Å². The molecule has 0 spiro atoms. The van der Waals surface area contributed by atoms with Gasteiger partial charge in [-0.2, -0.15) is 0 Å². The first-order chi connectivity index (χ1) is 11.7. The van der Waals surface area contributed by atoms with Crippen LogP contribution < -0.4 is 20.1 Å². The van der Waals surface area contributed by atoms with E-state index in [1.807, 2.05) is 61.5 Å². The SMILES string of the molecule is Cc1ccccc1/C=C/NC(=O)NCC1COc2ccccc2O1. The van der Waals surface area contributed by atoms with Crippen LogP contribution in [0.2, 0.25) is 0 Å². The van der Waals surface area contributed by atoms with Crippen LogP contribution in [0.5, 0.6) is 11.5 Å². The molecule has 1 unspecified atom stereocenters. The number of fused-ring (bicyclic) bond motifs is 1. The van der Waals surface area contributed by atoms with E-state index in [1.54, 1.807) is 6.20 Å². The summed E-state index contributed by atoms with van der Waals surface area (Å²) >= 11 is 0. The van der Waals surface area contributed by atoms with Crippen LogP contribution in [-0.4, -0.2) is 25.3 Å². The van der Waals surface area contributed by atoms with E-state index in [0.717, 1.165) is 16.9 Å². The summed E-state index contributed by atoms with van der Waals surface area (Å²) in [7, 11) is 0. The highest BCUT2D eigenvalue weighted by atomic mass is 16.6. The molecule has 0 aliphatic carbocycles. The maximum atomic E-state index is 11.8. The Hall–Kier alpha value is -2.95. The number of aryl methyl sites for hydroxylation is 1. The number of nitrogens with one attached hydrogen (secondary N) is 2. The molecular formula is C19H20N2O3. The van der Waals surface area contributed by atoms with Crippen molar-refractivity contribution in [2.24, 2.45) is 0 Å². The summed E-state index contributed by atoms with van der Waals surface area (Å²) in [4.78, 5) is 11.8. The minimum atomic E-state index is -0.276. The summed E-state index contributed by atoms with van der Waals surface area (Å²) in [5, 5.41) is 5.47. The zero-order valence-electron chi connectivity index (χ0n) is 13.5. The van der Waals surface area contributed by atoms with E-state index in [0.29, 0.717) is 18.9 Å². The Bertz CT molecular complexity index is 743. The molecule has 5 heteroatoms. The van der Waals surface area contributed by atoms with Crippen LogP contribution >= 0.6 is 0 Å². The Morgan fingerprint density at radius 3 is 2.75 bits per heavy atom. The van der Waals surface area contributed by atoms with Gasteiger partial charge in [0.2, 0.25) is 0 Å². The van der Waals surface area contributed by atoms with Gasteiger partial charge in [-0.05, 0) is 36.3 Å². The van der Waals surface area contributed by atoms with Gasteiger partial charge in [-0.25, -0.2) is 4.79 Å². The molecule has 2 N–H and O–H groups in total. The summed E-state index contributed by atoms with van der Waals surface area (Å²) < 4.78 is 11.4. The molecule has 0 bridgehead atoms. The normalized spacial score (nSPS) is 16.0. The Kier molecular flexibility index (Phi) is 5.01. The van der Waals surface area contributed by atoms with Crippen molar-refractivity contribution in [1.29, 1.82) is 0 Å². The first kappa shape index (κ1) is 15.9. The van der Waals surface area contributed by atoms with Crippen molar-refractivity contribution in [2.45, 2.75) is 13.0 Å². The van der Waals surface area contributed by atoms with Crippen molar-refractivity contribution in [3.05, 3.63) is 65.9 Å². The second-order valence-corrected chi connectivity index (χ2v) is 5.54. The van der Waals surface area contributed by atoms with Crippen molar-refractivity contribution < 1.29 is 14.3 Å². The highest BCUT2D eigenvalue weighted by molar-refractivity contribution is 5.76. The molecule has 2 aromatic carbocycles. The van der Waals surface area contributed by atoms with Gasteiger partial charge in [0, 0.05) is 6.20 Å². The predicted molar refractivity (Wildman–Crippen MR) is 93.1 cm³/mol. The fourth-order valence-corrected chi connectivity index (χ4v) is 2.40. The van der Waals surface area contributed by atoms with Crippen molar-refractivity contribution in [1.82, 2.24) is 10.6 Å². The maximum Gasteiger partial charge on any atom is 0.318 e. The summed E-state index contributed by atoms with van der Waals surface area (Å²) in [6.45, 7) is 2.81. The summed E-state index contributed by atoms with van der Waals surface area (Å²) in [5.41, 5.74) is 2.22. The Morgan fingerprint density at radius 1 is 1.17 bits per heavy atom. The molecule has 24 heavy (non-hydrogen) atoms. The van der Waals surface area contributed by atoms with Crippen LogP contribution in [0.1, 0.15) is 11.1 Å². The predicted octanol–water partition coefficient (Wildman–Crippen LogP) is 3.10. The molecule has 1 aliphatic heterocycles. The van der Waals surface area contributed by atoms with Crippen molar-refractivity contribution in [2.75, 3.05) is 13.2 Å². The maximum absolute atomic E-state index is 11.8. The molecule has 0 radical (unpaired) electrons. The summed E-state index contributed by atoms with van der Waals surface area (Å²) in [6, 6.07) is 15.2. The number of amides is 2. The van der Waals surface area contributed by atoms with Crippen molar-refractivity contribution in [3.8, 4) is 11.5 Å². The van der Waals surface area contributed by atoms with Crippen molar-refractivity contribution in [3.63, 3.8) is 0 Å². The number of hydrogen-bond donors (Lipinski definition) is 2. The van der Waals surface area contributed by atoms with E-state index in [2.05, 4.69) is 10.6 Å². The van der Waals surface area contributed by atoms with Gasteiger partial charge >= 0.3 is 6.03 Å². The molecule has 1 atom stereocenters. The van der Waals surface area contributed by atoms with Gasteiger partial charge in [0.05, 0.1) is 6.54 Å². The van der Waals surface area contributed by atoms with Crippen LogP contribution in [-0.2, 0) is 0 Å². The highest BCUT2D eigenvalue weighted by Crippen LogP contribution is 2.30. The second-order valence-electron chi connectivity index (χ2n) is 5.54. The standard InChI is InChI=1S/C19H20N2O3/c1-14-6-2-3-7-15(14)10-11-20-19(22)21-12-16-13-23-17-8-4-5-9-18(17)24-16/h2-11,16H,12-13H2,1H3,(H2,20,21,22)/b11-10+. The van der Waals surface area contributed by atoms with Gasteiger partial charge in [0.25, 0.3) is 0 Å². The molecule has 2 aromatic rings. The molecular weight excluding hydrogens is 304 g/mol. The van der Waals surface area contributed by atoms with Crippen molar-refractivity contribution >= 4 is 12.1 Å². The molecule has 1 aliphatic rings. The largest absolute Gasteiger partial charge is 0.486 e. The van der Waals surface area contributed by atoms with E-state index in [-0.39, 0.29) is 12.1 Å². The van der Waals surface area contributed by atoms with Gasteiger partial charge in [0.15, 0.2) is 17.6 Å². The number of ether oxygens (including phenoxy) is 2. The fraction of sp³-hybridized carbons (Fsp3) is 0.211. The monoisotopic (exact) mass is 324 g/mol. The number of hydrogen-bond acceptors (Lipinski definition) is 3. The zero-order chi connectivity index (χ0) is 16.8. The van der Waals surface area contributed by atoms with E-state index >= 15 is 0 Å². The molecule has 0 saturated carbocycles. The first-order valence-corrected chi connectivity index (χ1v) is 7.87. The van der Waals surface area contributed by atoms with Crippen LogP contribution in [0, 0.1) is 6.92 Å². The number of urea groups is 1. The van der Waals surface area contributed by atoms with Gasteiger partial charge < -0.3 is 20.1 Å². The molecule has 0 aromatic heterocycles. The van der Waals surface area contributed by atoms with Gasteiger partial charge in [-0.3, -0.25) is 0 Å². The smallest absolute Gasteiger partial charge is 0.318 e. The average molecular weight is 324 g/mol. The van der Waals surface area contributed by atoms with Gasteiger partial charge in [0.1, 0.15) is 6.61 Å². The lowest BCUT2D eigenvalue weighted by atomic mass is 10.1. The number of carbonyl (C=O) groups excluding carboxylic acids is 1. The lowest BCUT2D eigenvalue weighted by Crippen LogP contribution is -2.43. The number of benzene rings is 2. The first-order valence-electron chi connectivity index (χ1n) is 7.87. The van der Waals surface area contributed by atoms with Gasteiger partial charge in [-0.15, -0.1) is 0 Å². The minimum Gasteiger partial charge on any atom is -0.486 e. The Morgan fingerprint density at radius 2 is 1.92 bits per heavy atom. The van der Waals surface area contributed by atoms with E-state index < -0.39 is 0 Å². The summed E-state index contributed by atoms with van der Waals surface area (Å²) in [6.07, 6.45) is 3.29. The average Bonchev–Trinajstić information content (AvgIpc) is 2.61. The lowest BCUT2D eigenvalue weighted by Gasteiger charge is -2.26. The number of rotatable bonds is 4. The Balaban J connectivity index is 1.44. The molecule has 5 nitrogen and oxygen atoms in total. The highest BCUT2D eigenvalue weighted by Gasteiger charge is 2.20. The van der Waals surface area contributed by atoms with E-state index in [9.17, 15) is 4.79 Å². The molecule has 0 saturated heterocycles.